The van der Waals surface area contributed by atoms with Crippen molar-refractivity contribution in [2.75, 3.05) is 13.1 Å². The molecule has 0 radical (unpaired) electrons. The van der Waals surface area contributed by atoms with Gasteiger partial charge in [-0.15, -0.1) is 0 Å². The Morgan fingerprint density at radius 3 is 2.21 bits per heavy atom. The molecule has 0 saturated heterocycles. The van der Waals surface area contributed by atoms with Crippen LogP contribution in [0.25, 0.3) is 0 Å². The molecule has 5 heteroatoms. The number of nitrogens with one attached hydrogen (secondary N) is 1. The van der Waals surface area contributed by atoms with Crippen LogP contribution in [0.5, 0.6) is 0 Å². The van der Waals surface area contributed by atoms with E-state index < -0.39 is 0 Å². The molecule has 0 heterocycles. The van der Waals surface area contributed by atoms with E-state index in [1.807, 2.05) is 12.1 Å². The molecule has 0 bridgehead atoms. The van der Waals surface area contributed by atoms with Gasteiger partial charge in [-0.05, 0) is 74.2 Å². The zero-order valence-electron chi connectivity index (χ0n) is 10.9. The fourth-order valence-corrected chi connectivity index (χ4v) is 4.01. The summed E-state index contributed by atoms with van der Waals surface area (Å²) < 4.78 is 3.43. The summed E-state index contributed by atoms with van der Waals surface area (Å²) in [4.78, 5) is 1.06. The van der Waals surface area contributed by atoms with Crippen molar-refractivity contribution in [3.63, 3.8) is 0 Å². The van der Waals surface area contributed by atoms with E-state index in [-0.39, 0.29) is 0 Å². The number of hydrogen-bond donors (Lipinski definition) is 2. The fourth-order valence-electron chi connectivity index (χ4n) is 2.50. The molecule has 19 heavy (non-hydrogen) atoms. The zero-order valence-corrected chi connectivity index (χ0v) is 13.2. The lowest BCUT2D eigenvalue weighted by Crippen LogP contribution is -2.26. The first-order chi connectivity index (χ1) is 9.17. The second-order valence-corrected chi connectivity index (χ2v) is 7.02. The van der Waals surface area contributed by atoms with Crippen LogP contribution in [-0.4, -0.2) is 13.1 Å². The van der Waals surface area contributed by atoms with Crippen LogP contribution in [0.3, 0.4) is 0 Å². The van der Waals surface area contributed by atoms with E-state index in [0.29, 0.717) is 10.0 Å². The van der Waals surface area contributed by atoms with Crippen molar-refractivity contribution in [3.05, 3.63) is 28.2 Å². The van der Waals surface area contributed by atoms with E-state index in [4.69, 9.17) is 28.9 Å². The van der Waals surface area contributed by atoms with Gasteiger partial charge in [-0.2, -0.15) is 0 Å². The summed E-state index contributed by atoms with van der Waals surface area (Å²) in [6.45, 7) is 1.88. The largest absolute Gasteiger partial charge is 0.330 e. The van der Waals surface area contributed by atoms with Gasteiger partial charge in [-0.1, -0.05) is 23.2 Å². The molecule has 1 saturated carbocycles. The molecule has 0 spiro atoms. The maximum Gasteiger partial charge on any atom is 0.0432 e. The normalized spacial score (nSPS) is 23.5. The Morgan fingerprint density at radius 2 is 1.63 bits per heavy atom. The Bertz CT molecular complexity index is 386. The van der Waals surface area contributed by atoms with Crippen molar-refractivity contribution in [3.8, 4) is 0 Å². The lowest BCUT2D eigenvalue weighted by molar-refractivity contribution is 0.281. The molecule has 0 amide bonds. The molecule has 2 rings (SSSR count). The van der Waals surface area contributed by atoms with Crippen molar-refractivity contribution in [2.45, 2.75) is 30.6 Å². The van der Waals surface area contributed by atoms with Gasteiger partial charge in [-0.25, -0.2) is 0 Å². The minimum absolute atomic E-state index is 0.681. The van der Waals surface area contributed by atoms with Crippen LogP contribution < -0.4 is 10.5 Å². The fraction of sp³-hybridized carbons (Fsp3) is 0.571. The van der Waals surface area contributed by atoms with Crippen LogP contribution in [0.2, 0.25) is 10.0 Å². The Morgan fingerprint density at radius 1 is 1.05 bits per heavy atom. The smallest absolute Gasteiger partial charge is 0.0432 e. The molecule has 0 atom stereocenters. The molecule has 0 unspecified atom stereocenters. The van der Waals surface area contributed by atoms with Crippen LogP contribution in [0.1, 0.15) is 25.7 Å². The molecule has 1 aliphatic rings. The molecule has 0 aliphatic heterocycles. The zero-order chi connectivity index (χ0) is 13.7. The van der Waals surface area contributed by atoms with Gasteiger partial charge in [0.2, 0.25) is 0 Å². The highest BCUT2D eigenvalue weighted by atomic mass is 35.5. The average Bonchev–Trinajstić information content (AvgIpc) is 2.38. The minimum atomic E-state index is 0.681. The quantitative estimate of drug-likeness (QED) is 0.792. The SMILES string of the molecule is NCC1CCC(CNSc2cc(Cl)cc(Cl)c2)CC1. The predicted molar refractivity (Wildman–Crippen MR) is 84.8 cm³/mol. The number of nitrogens with two attached hydrogens (primary N) is 1. The van der Waals surface area contributed by atoms with E-state index in [1.165, 1.54) is 25.7 Å². The van der Waals surface area contributed by atoms with Crippen molar-refractivity contribution < 1.29 is 0 Å². The Kier molecular flexibility index (Phi) is 6.30. The van der Waals surface area contributed by atoms with Crippen LogP contribution >= 0.6 is 35.1 Å². The summed E-state index contributed by atoms with van der Waals surface area (Å²) in [7, 11) is 0. The standard InChI is InChI=1S/C14H20Cl2N2S/c15-12-5-13(16)7-14(6-12)19-18-9-11-3-1-10(8-17)2-4-11/h5-7,10-11,18H,1-4,8-9,17H2. The molecule has 1 fully saturated rings. The average molecular weight is 319 g/mol. The Balaban J connectivity index is 1.72. The number of benzene rings is 1. The van der Waals surface area contributed by atoms with Crippen LogP contribution in [0, 0.1) is 11.8 Å². The predicted octanol–water partition coefficient (Wildman–Crippen LogP) is 4.36. The number of halogens is 2. The molecule has 1 aromatic carbocycles. The van der Waals surface area contributed by atoms with Crippen molar-refractivity contribution in [2.24, 2.45) is 17.6 Å². The van der Waals surface area contributed by atoms with Crippen molar-refractivity contribution in [1.29, 1.82) is 0 Å². The van der Waals surface area contributed by atoms with Gasteiger partial charge >= 0.3 is 0 Å². The maximum atomic E-state index is 5.97. The first-order valence-electron chi connectivity index (χ1n) is 6.73. The monoisotopic (exact) mass is 318 g/mol. The topological polar surface area (TPSA) is 38.0 Å². The summed E-state index contributed by atoms with van der Waals surface area (Å²) in [5.74, 6) is 1.51. The first kappa shape index (κ1) is 15.5. The van der Waals surface area contributed by atoms with Gasteiger partial charge in [0, 0.05) is 21.5 Å². The van der Waals surface area contributed by atoms with E-state index in [0.717, 1.165) is 29.8 Å². The summed E-state index contributed by atoms with van der Waals surface area (Å²) in [6, 6.07) is 5.61. The number of hydrogen-bond acceptors (Lipinski definition) is 3. The van der Waals surface area contributed by atoms with Gasteiger partial charge < -0.3 is 5.73 Å². The van der Waals surface area contributed by atoms with Gasteiger partial charge in [0.15, 0.2) is 0 Å². The van der Waals surface area contributed by atoms with Crippen LogP contribution in [0.15, 0.2) is 23.1 Å². The molecule has 1 aliphatic carbocycles. The molecule has 3 N–H and O–H groups in total. The maximum absolute atomic E-state index is 5.97. The molecule has 0 aromatic heterocycles. The van der Waals surface area contributed by atoms with E-state index in [1.54, 1.807) is 18.0 Å². The number of rotatable bonds is 5. The minimum Gasteiger partial charge on any atom is -0.330 e. The lowest BCUT2D eigenvalue weighted by Gasteiger charge is -2.27. The van der Waals surface area contributed by atoms with E-state index in [9.17, 15) is 0 Å². The second kappa shape index (κ2) is 7.75. The van der Waals surface area contributed by atoms with Gasteiger partial charge in [0.05, 0.1) is 0 Å². The lowest BCUT2D eigenvalue weighted by atomic mass is 9.82. The Labute approximate surface area is 129 Å². The molecule has 1 aromatic rings. The first-order valence-corrected chi connectivity index (χ1v) is 8.30. The van der Waals surface area contributed by atoms with Crippen molar-refractivity contribution >= 4 is 35.1 Å². The third-order valence-electron chi connectivity index (χ3n) is 3.70. The summed E-state index contributed by atoms with van der Waals surface area (Å²) in [6.07, 6.45) is 5.12. The Hall–Kier alpha value is 0.0700. The van der Waals surface area contributed by atoms with E-state index >= 15 is 0 Å². The van der Waals surface area contributed by atoms with Gasteiger partial charge in [0.25, 0.3) is 0 Å². The summed E-state index contributed by atoms with van der Waals surface area (Å²) in [5.41, 5.74) is 5.71. The molecule has 106 valence electrons. The highest BCUT2D eigenvalue weighted by molar-refractivity contribution is 7.97. The molecular weight excluding hydrogens is 299 g/mol. The summed E-state index contributed by atoms with van der Waals surface area (Å²) in [5, 5.41) is 1.36. The van der Waals surface area contributed by atoms with Crippen LogP contribution in [-0.2, 0) is 0 Å². The highest BCUT2D eigenvalue weighted by Crippen LogP contribution is 2.29. The van der Waals surface area contributed by atoms with Crippen molar-refractivity contribution in [1.82, 2.24) is 4.72 Å². The molecular formula is C14H20Cl2N2S. The van der Waals surface area contributed by atoms with Gasteiger partial charge in [-0.3, -0.25) is 4.72 Å². The van der Waals surface area contributed by atoms with Crippen LogP contribution in [0.4, 0.5) is 0 Å². The van der Waals surface area contributed by atoms with Gasteiger partial charge in [0.1, 0.15) is 0 Å². The molecule has 2 nitrogen and oxygen atoms in total. The third kappa shape index (κ3) is 5.16. The second-order valence-electron chi connectivity index (χ2n) is 5.18. The summed E-state index contributed by atoms with van der Waals surface area (Å²) >= 11 is 13.6. The third-order valence-corrected chi connectivity index (χ3v) is 4.92. The van der Waals surface area contributed by atoms with E-state index in [2.05, 4.69) is 4.72 Å². The highest BCUT2D eigenvalue weighted by Gasteiger charge is 2.19.